The Labute approximate surface area is 118 Å². The Morgan fingerprint density at radius 3 is 2.61 bits per heavy atom. The van der Waals surface area contributed by atoms with Crippen LogP contribution in [0.1, 0.15) is 59.8 Å². The first-order valence-corrected chi connectivity index (χ1v) is 8.51. The molecule has 1 atom stereocenters. The van der Waals surface area contributed by atoms with E-state index in [0.29, 0.717) is 4.75 Å². The molecule has 0 aromatic heterocycles. The van der Waals surface area contributed by atoms with Crippen molar-refractivity contribution in [3.63, 3.8) is 0 Å². The molecule has 18 heavy (non-hydrogen) atoms. The Morgan fingerprint density at radius 2 is 2.00 bits per heavy atom. The van der Waals surface area contributed by atoms with Crippen molar-refractivity contribution in [2.75, 3.05) is 25.4 Å². The summed E-state index contributed by atoms with van der Waals surface area (Å²) in [5, 5.41) is 0. The topological polar surface area (TPSA) is 29.3 Å². The van der Waals surface area contributed by atoms with E-state index in [4.69, 9.17) is 5.73 Å². The lowest BCUT2D eigenvalue weighted by Gasteiger charge is -2.40. The van der Waals surface area contributed by atoms with E-state index in [2.05, 4.69) is 44.4 Å². The molecule has 1 aliphatic rings. The fraction of sp³-hybridized carbons (Fsp3) is 1.00. The van der Waals surface area contributed by atoms with Gasteiger partial charge in [0.05, 0.1) is 0 Å². The minimum atomic E-state index is 0.218. The third-order valence-electron chi connectivity index (χ3n) is 4.36. The van der Waals surface area contributed by atoms with Crippen molar-refractivity contribution in [2.45, 2.75) is 70.1 Å². The molecule has 3 heteroatoms. The number of unbranched alkanes of at least 4 members (excludes halogenated alkanes) is 2. The Balaban J connectivity index is 2.57. The smallest absolute Gasteiger partial charge is 0.0303 e. The Kier molecular flexibility index (Phi) is 6.49. The number of hydrogen-bond donors (Lipinski definition) is 1. The van der Waals surface area contributed by atoms with E-state index in [1.807, 2.05) is 0 Å². The van der Waals surface area contributed by atoms with Gasteiger partial charge in [-0.2, -0.15) is 11.8 Å². The lowest BCUT2D eigenvalue weighted by atomic mass is 9.91. The van der Waals surface area contributed by atoms with Crippen molar-refractivity contribution in [2.24, 2.45) is 5.73 Å². The maximum absolute atomic E-state index is 6.09. The van der Waals surface area contributed by atoms with Gasteiger partial charge in [-0.25, -0.2) is 0 Å². The first kappa shape index (κ1) is 16.3. The third kappa shape index (κ3) is 4.75. The number of thioether (sulfide) groups is 1. The predicted molar refractivity (Wildman–Crippen MR) is 84.3 cm³/mol. The molecule has 0 spiro atoms. The van der Waals surface area contributed by atoms with Crippen LogP contribution < -0.4 is 5.73 Å². The van der Waals surface area contributed by atoms with Crippen LogP contribution >= 0.6 is 11.8 Å². The molecule has 1 rings (SSSR count). The number of rotatable bonds is 6. The van der Waals surface area contributed by atoms with E-state index in [-0.39, 0.29) is 5.54 Å². The van der Waals surface area contributed by atoms with Crippen molar-refractivity contribution in [3.8, 4) is 0 Å². The van der Waals surface area contributed by atoms with Gasteiger partial charge in [-0.3, -0.25) is 4.90 Å². The van der Waals surface area contributed by atoms with E-state index < -0.39 is 0 Å². The molecule has 0 bridgehead atoms. The summed E-state index contributed by atoms with van der Waals surface area (Å²) < 4.78 is 0.438. The van der Waals surface area contributed by atoms with Crippen molar-refractivity contribution < 1.29 is 0 Å². The first-order chi connectivity index (χ1) is 8.43. The average molecular weight is 273 g/mol. The number of nitrogens with two attached hydrogens (primary N) is 1. The summed E-state index contributed by atoms with van der Waals surface area (Å²) in [6.07, 6.45) is 6.48. The van der Waals surface area contributed by atoms with Crippen molar-refractivity contribution in [3.05, 3.63) is 0 Å². The zero-order valence-corrected chi connectivity index (χ0v) is 13.6. The molecule has 1 heterocycles. The second kappa shape index (κ2) is 7.16. The molecule has 108 valence electrons. The molecule has 0 saturated carbocycles. The van der Waals surface area contributed by atoms with Crippen molar-refractivity contribution in [1.29, 1.82) is 0 Å². The SMILES string of the molecule is CCCCCC(C)(CN)N1CCSC(C)(C)CC1. The molecule has 0 radical (unpaired) electrons. The predicted octanol–water partition coefficient (Wildman–Crippen LogP) is 3.50. The van der Waals surface area contributed by atoms with Gasteiger partial charge in [0.15, 0.2) is 0 Å². The van der Waals surface area contributed by atoms with Gasteiger partial charge in [0.25, 0.3) is 0 Å². The van der Waals surface area contributed by atoms with Gasteiger partial charge in [0, 0.05) is 35.7 Å². The Morgan fingerprint density at radius 1 is 1.28 bits per heavy atom. The second-order valence-electron chi connectivity index (χ2n) is 6.50. The van der Waals surface area contributed by atoms with Crippen LogP contribution in [0.5, 0.6) is 0 Å². The molecule has 2 N–H and O–H groups in total. The van der Waals surface area contributed by atoms with Gasteiger partial charge >= 0.3 is 0 Å². The highest BCUT2D eigenvalue weighted by molar-refractivity contribution is 8.00. The molecule has 1 fully saturated rings. The van der Waals surface area contributed by atoms with Crippen molar-refractivity contribution >= 4 is 11.8 Å². The van der Waals surface area contributed by atoms with Crippen LogP contribution in [0.3, 0.4) is 0 Å². The zero-order chi connectivity index (χ0) is 13.6. The standard InChI is InChI=1S/C15H32N2S/c1-5-6-7-8-15(4,13-16)17-10-9-14(2,3)18-12-11-17/h5-13,16H2,1-4H3. The maximum atomic E-state index is 6.09. The fourth-order valence-electron chi connectivity index (χ4n) is 2.71. The zero-order valence-electron chi connectivity index (χ0n) is 12.8. The highest BCUT2D eigenvalue weighted by Gasteiger charge is 2.33. The summed E-state index contributed by atoms with van der Waals surface area (Å²) in [7, 11) is 0. The lowest BCUT2D eigenvalue weighted by molar-refractivity contribution is 0.105. The molecule has 2 nitrogen and oxygen atoms in total. The molecule has 1 aliphatic heterocycles. The monoisotopic (exact) mass is 272 g/mol. The van der Waals surface area contributed by atoms with Crippen LogP contribution in [0.25, 0.3) is 0 Å². The van der Waals surface area contributed by atoms with Gasteiger partial charge in [0.1, 0.15) is 0 Å². The first-order valence-electron chi connectivity index (χ1n) is 7.52. The minimum Gasteiger partial charge on any atom is -0.329 e. The van der Waals surface area contributed by atoms with Gasteiger partial charge in [-0.1, -0.05) is 40.0 Å². The van der Waals surface area contributed by atoms with E-state index in [9.17, 15) is 0 Å². The number of hydrogen-bond acceptors (Lipinski definition) is 3. The van der Waals surface area contributed by atoms with Crippen LogP contribution in [0.2, 0.25) is 0 Å². The Bertz CT molecular complexity index is 243. The summed E-state index contributed by atoms with van der Waals surface area (Å²) >= 11 is 2.12. The van der Waals surface area contributed by atoms with E-state index in [0.717, 1.165) is 6.54 Å². The maximum Gasteiger partial charge on any atom is 0.0303 e. The van der Waals surface area contributed by atoms with Gasteiger partial charge in [-0.15, -0.1) is 0 Å². The summed E-state index contributed by atoms with van der Waals surface area (Å²) in [6, 6.07) is 0. The van der Waals surface area contributed by atoms with E-state index >= 15 is 0 Å². The number of nitrogens with zero attached hydrogens (tertiary/aromatic N) is 1. The van der Waals surface area contributed by atoms with Crippen LogP contribution in [0.4, 0.5) is 0 Å². The van der Waals surface area contributed by atoms with Crippen LogP contribution in [0, 0.1) is 0 Å². The van der Waals surface area contributed by atoms with Crippen LogP contribution in [0.15, 0.2) is 0 Å². The second-order valence-corrected chi connectivity index (χ2v) is 8.31. The van der Waals surface area contributed by atoms with E-state index in [1.54, 1.807) is 0 Å². The van der Waals surface area contributed by atoms with Crippen molar-refractivity contribution in [1.82, 2.24) is 4.90 Å². The quantitative estimate of drug-likeness (QED) is 0.750. The highest BCUT2D eigenvalue weighted by Crippen LogP contribution is 2.33. The lowest BCUT2D eigenvalue weighted by Crippen LogP contribution is -2.52. The van der Waals surface area contributed by atoms with Gasteiger partial charge < -0.3 is 5.73 Å². The Hall–Kier alpha value is 0.270. The molecule has 1 saturated heterocycles. The normalized spacial score (nSPS) is 24.5. The average Bonchev–Trinajstić information content (AvgIpc) is 2.50. The van der Waals surface area contributed by atoms with E-state index in [1.165, 1.54) is 50.9 Å². The van der Waals surface area contributed by atoms with Gasteiger partial charge in [0.2, 0.25) is 0 Å². The summed E-state index contributed by atoms with van der Waals surface area (Å²) in [6.45, 7) is 12.6. The molecule has 0 aromatic rings. The summed E-state index contributed by atoms with van der Waals surface area (Å²) in [4.78, 5) is 2.66. The highest BCUT2D eigenvalue weighted by atomic mass is 32.2. The third-order valence-corrected chi connectivity index (χ3v) is 5.73. The molecule has 0 aromatic carbocycles. The molecular weight excluding hydrogens is 240 g/mol. The van der Waals surface area contributed by atoms with Crippen LogP contribution in [-0.2, 0) is 0 Å². The van der Waals surface area contributed by atoms with Crippen LogP contribution in [-0.4, -0.2) is 40.6 Å². The summed E-state index contributed by atoms with van der Waals surface area (Å²) in [5.41, 5.74) is 6.31. The molecule has 0 aliphatic carbocycles. The molecular formula is C15H32N2S. The molecule has 1 unspecified atom stereocenters. The fourth-order valence-corrected chi connectivity index (χ4v) is 3.81. The van der Waals surface area contributed by atoms with Gasteiger partial charge in [-0.05, 0) is 19.8 Å². The molecule has 0 amide bonds. The summed E-state index contributed by atoms with van der Waals surface area (Å²) in [5.74, 6) is 1.25. The minimum absolute atomic E-state index is 0.218. The largest absolute Gasteiger partial charge is 0.329 e.